The van der Waals surface area contributed by atoms with Crippen molar-refractivity contribution in [3.8, 4) is 0 Å². The number of hydrogen-bond acceptors (Lipinski definition) is 4. The molecule has 0 bridgehead atoms. The number of thioether (sulfide) groups is 1. The first-order chi connectivity index (χ1) is 7.24. The molecule has 1 aromatic heterocycles. The summed E-state index contributed by atoms with van der Waals surface area (Å²) in [7, 11) is 0. The normalized spacial score (nSPS) is 9.27. The maximum absolute atomic E-state index is 10.3. The predicted molar refractivity (Wildman–Crippen MR) is 63.2 cm³/mol. The van der Waals surface area contributed by atoms with Crippen LogP contribution in [0.2, 0.25) is 0 Å². The van der Waals surface area contributed by atoms with Crippen LogP contribution in [0.4, 0.5) is 5.69 Å². The highest BCUT2D eigenvalue weighted by Gasteiger charge is 2.07. The van der Waals surface area contributed by atoms with Crippen LogP contribution in [0.5, 0.6) is 0 Å². The van der Waals surface area contributed by atoms with Gasteiger partial charge in [0.1, 0.15) is 12.4 Å². The van der Waals surface area contributed by atoms with Crippen LogP contribution in [0.1, 0.15) is 20.3 Å². The molecule has 0 aliphatic rings. The molecule has 1 aromatic rings. The average Bonchev–Trinajstić information content (AvgIpc) is 2.70. The summed E-state index contributed by atoms with van der Waals surface area (Å²) in [6.45, 7) is 4.74. The fourth-order valence-corrected chi connectivity index (χ4v) is 1.36. The zero-order valence-corrected chi connectivity index (χ0v) is 10.2. The van der Waals surface area contributed by atoms with Crippen LogP contribution in [0.3, 0.4) is 0 Å². The molecule has 86 valence electrons. The van der Waals surface area contributed by atoms with Gasteiger partial charge in [0.2, 0.25) is 0 Å². The van der Waals surface area contributed by atoms with Crippen molar-refractivity contribution in [2.75, 3.05) is 12.0 Å². The maximum Gasteiger partial charge on any atom is 0.306 e. The number of hydrogen-bond donors (Lipinski definition) is 0. The molecule has 0 saturated heterocycles. The Labute approximate surface area is 94.0 Å². The molecule has 5 nitrogen and oxygen atoms in total. The third kappa shape index (κ3) is 5.41. The molecule has 15 heavy (non-hydrogen) atoms. The Balaban J connectivity index is 0.000000921. The van der Waals surface area contributed by atoms with E-state index in [0.29, 0.717) is 0 Å². The lowest BCUT2D eigenvalue weighted by molar-refractivity contribution is -0.385. The monoisotopic (exact) mass is 231 g/mol. The van der Waals surface area contributed by atoms with E-state index in [2.05, 4.69) is 5.10 Å². The van der Waals surface area contributed by atoms with Crippen LogP contribution in [-0.4, -0.2) is 26.7 Å². The summed E-state index contributed by atoms with van der Waals surface area (Å²) in [5, 5.41) is 14.2. The smallest absolute Gasteiger partial charge is 0.266 e. The highest BCUT2D eigenvalue weighted by molar-refractivity contribution is 7.98. The minimum Gasteiger partial charge on any atom is -0.266 e. The predicted octanol–water partition coefficient (Wildman–Crippen LogP) is 2.57. The van der Waals surface area contributed by atoms with Gasteiger partial charge in [-0.1, -0.05) is 13.8 Å². The van der Waals surface area contributed by atoms with Crippen molar-refractivity contribution in [1.29, 1.82) is 0 Å². The van der Waals surface area contributed by atoms with E-state index in [1.807, 2.05) is 20.1 Å². The van der Waals surface area contributed by atoms with E-state index in [0.717, 1.165) is 18.7 Å². The number of aryl methyl sites for hydroxylation is 1. The molecular weight excluding hydrogens is 214 g/mol. The minimum atomic E-state index is -0.432. The van der Waals surface area contributed by atoms with Gasteiger partial charge in [0, 0.05) is 6.54 Å². The van der Waals surface area contributed by atoms with E-state index in [1.54, 1.807) is 16.4 Å². The Morgan fingerprint density at radius 3 is 2.73 bits per heavy atom. The van der Waals surface area contributed by atoms with E-state index in [-0.39, 0.29) is 5.69 Å². The molecule has 0 radical (unpaired) electrons. The molecule has 0 unspecified atom stereocenters. The first kappa shape index (κ1) is 14.0. The lowest BCUT2D eigenvalue weighted by atomic mass is 10.5. The molecule has 6 heteroatoms. The van der Waals surface area contributed by atoms with Crippen molar-refractivity contribution >= 4 is 17.4 Å². The SMILES string of the molecule is CC.CSCCCn1cc([N+](=O)[O-])cn1. The summed E-state index contributed by atoms with van der Waals surface area (Å²) in [5.74, 6) is 1.05. The van der Waals surface area contributed by atoms with E-state index >= 15 is 0 Å². The van der Waals surface area contributed by atoms with Crippen LogP contribution < -0.4 is 0 Å². The second-order valence-corrected chi connectivity index (χ2v) is 3.55. The van der Waals surface area contributed by atoms with Crippen molar-refractivity contribution in [2.45, 2.75) is 26.8 Å². The highest BCUT2D eigenvalue weighted by Crippen LogP contribution is 2.08. The van der Waals surface area contributed by atoms with Gasteiger partial charge < -0.3 is 0 Å². The lowest BCUT2D eigenvalue weighted by Crippen LogP contribution is -1.98. The fourth-order valence-electron chi connectivity index (χ4n) is 0.940. The summed E-state index contributed by atoms with van der Waals surface area (Å²) < 4.78 is 1.61. The van der Waals surface area contributed by atoms with Gasteiger partial charge >= 0.3 is 5.69 Å². The molecule has 0 aliphatic carbocycles. The van der Waals surface area contributed by atoms with Crippen LogP contribution in [0.15, 0.2) is 12.4 Å². The molecule has 0 aromatic carbocycles. The average molecular weight is 231 g/mol. The van der Waals surface area contributed by atoms with Crippen LogP contribution in [0.25, 0.3) is 0 Å². The lowest BCUT2D eigenvalue weighted by Gasteiger charge is -1.97. The third-order valence-electron chi connectivity index (χ3n) is 1.57. The Morgan fingerprint density at radius 2 is 2.27 bits per heavy atom. The van der Waals surface area contributed by atoms with Crippen molar-refractivity contribution in [3.05, 3.63) is 22.5 Å². The first-order valence-electron chi connectivity index (χ1n) is 4.90. The van der Waals surface area contributed by atoms with Crippen molar-refractivity contribution in [1.82, 2.24) is 9.78 Å². The van der Waals surface area contributed by atoms with E-state index in [9.17, 15) is 10.1 Å². The zero-order chi connectivity index (χ0) is 11.7. The van der Waals surface area contributed by atoms with E-state index < -0.39 is 4.92 Å². The maximum atomic E-state index is 10.3. The van der Waals surface area contributed by atoms with Gasteiger partial charge in [-0.3, -0.25) is 14.8 Å². The van der Waals surface area contributed by atoms with E-state index in [4.69, 9.17) is 0 Å². The number of aromatic nitrogens is 2. The summed E-state index contributed by atoms with van der Waals surface area (Å²) >= 11 is 1.76. The minimum absolute atomic E-state index is 0.0594. The van der Waals surface area contributed by atoms with Crippen LogP contribution in [0, 0.1) is 10.1 Å². The largest absolute Gasteiger partial charge is 0.306 e. The number of nitro groups is 1. The van der Waals surface area contributed by atoms with Crippen molar-refractivity contribution < 1.29 is 4.92 Å². The fraction of sp³-hybridized carbons (Fsp3) is 0.667. The summed E-state index contributed by atoms with van der Waals surface area (Å²) in [5.41, 5.74) is 0.0594. The molecule has 0 aliphatic heterocycles. The Morgan fingerprint density at radius 1 is 1.60 bits per heavy atom. The Hall–Kier alpha value is -1.04. The molecule has 0 N–H and O–H groups in total. The molecule has 0 atom stereocenters. The molecule has 0 amide bonds. The molecular formula is C9H17N3O2S. The topological polar surface area (TPSA) is 61.0 Å². The van der Waals surface area contributed by atoms with Crippen molar-refractivity contribution in [3.63, 3.8) is 0 Å². The second-order valence-electron chi connectivity index (χ2n) is 2.57. The van der Waals surface area contributed by atoms with Gasteiger partial charge in [-0.2, -0.15) is 16.9 Å². The second kappa shape index (κ2) is 8.28. The summed E-state index contributed by atoms with van der Waals surface area (Å²) in [6.07, 6.45) is 5.75. The zero-order valence-electron chi connectivity index (χ0n) is 9.34. The highest BCUT2D eigenvalue weighted by atomic mass is 32.2. The van der Waals surface area contributed by atoms with Gasteiger partial charge in [-0.05, 0) is 18.4 Å². The molecule has 1 heterocycles. The Bertz CT molecular complexity index is 289. The first-order valence-corrected chi connectivity index (χ1v) is 6.29. The van der Waals surface area contributed by atoms with Gasteiger partial charge in [0.15, 0.2) is 0 Å². The van der Waals surface area contributed by atoms with Crippen LogP contribution in [-0.2, 0) is 6.54 Å². The molecule has 1 rings (SSSR count). The molecule has 0 saturated carbocycles. The van der Waals surface area contributed by atoms with Crippen LogP contribution >= 0.6 is 11.8 Å². The molecule has 0 fully saturated rings. The quantitative estimate of drug-likeness (QED) is 0.444. The summed E-state index contributed by atoms with van der Waals surface area (Å²) in [6, 6.07) is 0. The third-order valence-corrected chi connectivity index (χ3v) is 2.26. The molecule has 0 spiro atoms. The van der Waals surface area contributed by atoms with Gasteiger partial charge in [-0.25, -0.2) is 0 Å². The number of nitrogens with zero attached hydrogens (tertiary/aromatic N) is 3. The van der Waals surface area contributed by atoms with Gasteiger partial charge in [-0.15, -0.1) is 0 Å². The Kier molecular flexibility index (Phi) is 7.71. The van der Waals surface area contributed by atoms with Gasteiger partial charge in [0.05, 0.1) is 4.92 Å². The van der Waals surface area contributed by atoms with E-state index in [1.165, 1.54) is 12.4 Å². The standard InChI is InChI=1S/C7H11N3O2S.C2H6/c1-13-4-2-3-9-6-7(5-8-9)10(11)12;1-2/h5-6H,2-4H2,1H3;1-2H3. The van der Waals surface area contributed by atoms with Gasteiger partial charge in [0.25, 0.3) is 0 Å². The van der Waals surface area contributed by atoms with Crippen molar-refractivity contribution in [2.24, 2.45) is 0 Å². The number of rotatable bonds is 5. The summed E-state index contributed by atoms with van der Waals surface area (Å²) in [4.78, 5) is 9.86.